The fourth-order valence-electron chi connectivity index (χ4n) is 1.52. The Balaban J connectivity index is 2.21. The number of halogens is 2. The summed E-state index contributed by atoms with van der Waals surface area (Å²) in [6.45, 7) is 1.92. The van der Waals surface area contributed by atoms with Crippen molar-refractivity contribution in [2.75, 3.05) is 0 Å². The van der Waals surface area contributed by atoms with Crippen LogP contribution < -0.4 is 4.74 Å². The Bertz CT molecular complexity index is 508. The molecule has 0 atom stereocenters. The molecule has 0 N–H and O–H groups in total. The van der Waals surface area contributed by atoms with Gasteiger partial charge in [0.1, 0.15) is 17.3 Å². The lowest BCUT2D eigenvalue weighted by molar-refractivity contribution is 0.479. The Labute approximate surface area is 108 Å². The Kier molecular flexibility index (Phi) is 3.79. The van der Waals surface area contributed by atoms with E-state index in [0.717, 1.165) is 10.2 Å². The normalized spacial score (nSPS) is 10.3. The lowest BCUT2D eigenvalue weighted by Crippen LogP contribution is -1.90. The van der Waals surface area contributed by atoms with Gasteiger partial charge in [-0.15, -0.1) is 0 Å². The fourth-order valence-corrected chi connectivity index (χ4v) is 1.79. The van der Waals surface area contributed by atoms with E-state index in [1.165, 1.54) is 6.07 Å². The molecule has 0 radical (unpaired) electrons. The molecule has 0 aliphatic rings. The van der Waals surface area contributed by atoms with E-state index in [9.17, 15) is 4.39 Å². The average Bonchev–Trinajstić information content (AvgIpc) is 2.34. The molecule has 2 rings (SSSR count). The van der Waals surface area contributed by atoms with Gasteiger partial charge in [0, 0.05) is 4.47 Å². The highest BCUT2D eigenvalue weighted by atomic mass is 79.9. The number of ether oxygens (including phenoxy) is 1. The number of benzene rings is 2. The summed E-state index contributed by atoms with van der Waals surface area (Å²) in [7, 11) is 0. The largest absolute Gasteiger partial charge is 0.457 e. The van der Waals surface area contributed by atoms with Crippen LogP contribution >= 0.6 is 15.9 Å². The summed E-state index contributed by atoms with van der Waals surface area (Å²) in [6.07, 6.45) is 0.656. The maximum atomic E-state index is 13.3. The van der Waals surface area contributed by atoms with E-state index >= 15 is 0 Å². The minimum absolute atomic E-state index is 0.185. The van der Waals surface area contributed by atoms with Crippen molar-refractivity contribution in [2.45, 2.75) is 13.3 Å². The summed E-state index contributed by atoms with van der Waals surface area (Å²) in [4.78, 5) is 0. The Morgan fingerprint density at radius 2 is 1.71 bits per heavy atom. The highest BCUT2D eigenvalue weighted by molar-refractivity contribution is 9.10. The SMILES string of the molecule is CCc1cc(Oc2ccc(Br)cc2)ccc1F. The second-order valence-corrected chi connectivity index (χ2v) is 4.58. The van der Waals surface area contributed by atoms with Crippen molar-refractivity contribution in [3.05, 3.63) is 58.3 Å². The van der Waals surface area contributed by atoms with E-state index in [-0.39, 0.29) is 5.82 Å². The summed E-state index contributed by atoms with van der Waals surface area (Å²) >= 11 is 3.36. The van der Waals surface area contributed by atoms with Gasteiger partial charge in [-0.05, 0) is 54.4 Å². The highest BCUT2D eigenvalue weighted by Crippen LogP contribution is 2.25. The van der Waals surface area contributed by atoms with Gasteiger partial charge in [0.2, 0.25) is 0 Å². The van der Waals surface area contributed by atoms with E-state index in [1.54, 1.807) is 12.1 Å². The van der Waals surface area contributed by atoms with Crippen LogP contribution in [0.1, 0.15) is 12.5 Å². The van der Waals surface area contributed by atoms with Crippen molar-refractivity contribution in [1.29, 1.82) is 0 Å². The molecule has 0 bridgehead atoms. The lowest BCUT2D eigenvalue weighted by atomic mass is 10.1. The van der Waals surface area contributed by atoms with Crippen LogP contribution in [0.3, 0.4) is 0 Å². The zero-order chi connectivity index (χ0) is 12.3. The van der Waals surface area contributed by atoms with Gasteiger partial charge in [-0.2, -0.15) is 0 Å². The third-order valence-corrected chi connectivity index (χ3v) is 2.98. The van der Waals surface area contributed by atoms with Crippen molar-refractivity contribution in [2.24, 2.45) is 0 Å². The third kappa shape index (κ3) is 3.07. The van der Waals surface area contributed by atoms with Gasteiger partial charge < -0.3 is 4.74 Å². The molecule has 0 amide bonds. The van der Waals surface area contributed by atoms with Crippen molar-refractivity contribution >= 4 is 15.9 Å². The van der Waals surface area contributed by atoms with Crippen LogP contribution in [0, 0.1) is 5.82 Å². The number of aryl methyl sites for hydroxylation is 1. The van der Waals surface area contributed by atoms with Crippen molar-refractivity contribution < 1.29 is 9.13 Å². The molecule has 0 aromatic heterocycles. The zero-order valence-corrected chi connectivity index (χ0v) is 11.0. The van der Waals surface area contributed by atoms with Crippen LogP contribution in [0.4, 0.5) is 4.39 Å². The third-order valence-electron chi connectivity index (χ3n) is 2.45. The lowest BCUT2D eigenvalue weighted by Gasteiger charge is -2.07. The van der Waals surface area contributed by atoms with Crippen LogP contribution in [0.25, 0.3) is 0 Å². The van der Waals surface area contributed by atoms with E-state index in [1.807, 2.05) is 31.2 Å². The Morgan fingerprint density at radius 3 is 2.35 bits per heavy atom. The maximum absolute atomic E-state index is 13.3. The van der Waals surface area contributed by atoms with Crippen LogP contribution in [0.2, 0.25) is 0 Å². The standard InChI is InChI=1S/C14H12BrFO/c1-2-10-9-13(7-8-14(10)16)17-12-5-3-11(15)4-6-12/h3-9H,2H2,1H3. The fraction of sp³-hybridized carbons (Fsp3) is 0.143. The van der Waals surface area contributed by atoms with E-state index in [4.69, 9.17) is 4.74 Å². The number of hydrogen-bond donors (Lipinski definition) is 0. The molecule has 0 aliphatic heterocycles. The summed E-state index contributed by atoms with van der Waals surface area (Å²) < 4.78 is 19.9. The van der Waals surface area contributed by atoms with Crippen LogP contribution in [0.5, 0.6) is 11.5 Å². The number of rotatable bonds is 3. The molecule has 2 aromatic rings. The molecule has 88 valence electrons. The monoisotopic (exact) mass is 294 g/mol. The predicted octanol–water partition coefficient (Wildman–Crippen LogP) is 4.94. The molecule has 0 saturated carbocycles. The molecule has 3 heteroatoms. The second kappa shape index (κ2) is 5.32. The summed E-state index contributed by atoms with van der Waals surface area (Å²) in [5.74, 6) is 1.21. The average molecular weight is 295 g/mol. The molecular formula is C14H12BrFO. The van der Waals surface area contributed by atoms with Gasteiger partial charge in [0.25, 0.3) is 0 Å². The first-order valence-corrected chi connectivity index (χ1v) is 6.20. The highest BCUT2D eigenvalue weighted by Gasteiger charge is 2.03. The first-order chi connectivity index (χ1) is 8.19. The second-order valence-electron chi connectivity index (χ2n) is 3.66. The molecule has 0 spiro atoms. The molecule has 17 heavy (non-hydrogen) atoms. The molecule has 0 heterocycles. The van der Waals surface area contributed by atoms with E-state index in [2.05, 4.69) is 15.9 Å². The van der Waals surface area contributed by atoms with Crippen molar-refractivity contribution in [3.8, 4) is 11.5 Å². The topological polar surface area (TPSA) is 9.23 Å². The molecule has 1 nitrogen and oxygen atoms in total. The van der Waals surface area contributed by atoms with E-state index in [0.29, 0.717) is 17.7 Å². The molecule has 0 aliphatic carbocycles. The zero-order valence-electron chi connectivity index (χ0n) is 9.41. The Morgan fingerprint density at radius 1 is 1.06 bits per heavy atom. The first-order valence-electron chi connectivity index (χ1n) is 5.41. The van der Waals surface area contributed by atoms with E-state index < -0.39 is 0 Å². The molecular weight excluding hydrogens is 283 g/mol. The smallest absolute Gasteiger partial charge is 0.127 e. The molecule has 2 aromatic carbocycles. The Hall–Kier alpha value is -1.35. The molecule has 0 unspecified atom stereocenters. The van der Waals surface area contributed by atoms with Gasteiger partial charge in [-0.25, -0.2) is 4.39 Å². The van der Waals surface area contributed by atoms with Crippen LogP contribution in [-0.2, 0) is 6.42 Å². The summed E-state index contributed by atoms with van der Waals surface area (Å²) in [5, 5.41) is 0. The van der Waals surface area contributed by atoms with Gasteiger partial charge in [0.15, 0.2) is 0 Å². The van der Waals surface area contributed by atoms with Gasteiger partial charge in [0.05, 0.1) is 0 Å². The molecule has 0 fully saturated rings. The minimum atomic E-state index is -0.185. The molecule has 0 saturated heterocycles. The summed E-state index contributed by atoms with van der Waals surface area (Å²) in [6, 6.07) is 12.3. The number of hydrogen-bond acceptors (Lipinski definition) is 1. The van der Waals surface area contributed by atoms with Gasteiger partial charge >= 0.3 is 0 Å². The summed E-state index contributed by atoms with van der Waals surface area (Å²) in [5.41, 5.74) is 0.666. The van der Waals surface area contributed by atoms with Crippen LogP contribution in [0.15, 0.2) is 46.9 Å². The van der Waals surface area contributed by atoms with Crippen molar-refractivity contribution in [1.82, 2.24) is 0 Å². The van der Waals surface area contributed by atoms with Gasteiger partial charge in [-0.1, -0.05) is 22.9 Å². The predicted molar refractivity (Wildman–Crippen MR) is 70.0 cm³/mol. The quantitative estimate of drug-likeness (QED) is 0.779. The first kappa shape index (κ1) is 12.1. The minimum Gasteiger partial charge on any atom is -0.457 e. The van der Waals surface area contributed by atoms with Crippen LogP contribution in [-0.4, -0.2) is 0 Å². The van der Waals surface area contributed by atoms with Gasteiger partial charge in [-0.3, -0.25) is 0 Å². The maximum Gasteiger partial charge on any atom is 0.127 e. The van der Waals surface area contributed by atoms with Crippen molar-refractivity contribution in [3.63, 3.8) is 0 Å².